The van der Waals surface area contributed by atoms with E-state index in [1.165, 1.54) is 48.5 Å². The van der Waals surface area contributed by atoms with Gasteiger partial charge < -0.3 is 4.84 Å². The smallest absolute Gasteiger partial charge is 0.278 e. The lowest BCUT2D eigenvalue weighted by atomic mass is 9.94. The Morgan fingerprint density at radius 3 is 2.08 bits per heavy atom. The van der Waals surface area contributed by atoms with Crippen molar-refractivity contribution in [2.24, 2.45) is 11.1 Å². The Morgan fingerprint density at radius 1 is 0.875 bits per heavy atom. The normalized spacial score (nSPS) is 22.4. The number of carbonyl (C=O) groups excluding carboxylic acids is 2. The Labute approximate surface area is 135 Å². The average Bonchev–Trinajstić information content (AvgIpc) is 3.11. The Kier molecular flexibility index (Phi) is 3.16. The van der Waals surface area contributed by atoms with E-state index in [9.17, 15) is 18.4 Å². The molecule has 0 saturated carbocycles. The van der Waals surface area contributed by atoms with Crippen LogP contribution in [0.3, 0.4) is 0 Å². The van der Waals surface area contributed by atoms with Crippen molar-refractivity contribution in [1.82, 2.24) is 0 Å². The zero-order chi connectivity index (χ0) is 16.8. The molecule has 7 heteroatoms. The highest BCUT2D eigenvalue weighted by atomic mass is 19.1. The Balaban J connectivity index is 1.69. The first-order chi connectivity index (χ1) is 11.6. The minimum atomic E-state index is -1.05. The van der Waals surface area contributed by atoms with Crippen LogP contribution < -0.4 is 4.90 Å². The molecule has 2 amide bonds. The summed E-state index contributed by atoms with van der Waals surface area (Å²) < 4.78 is 26.1. The van der Waals surface area contributed by atoms with E-state index >= 15 is 0 Å². The molecule has 2 aliphatic rings. The lowest BCUT2D eigenvalue weighted by Crippen LogP contribution is -2.33. The van der Waals surface area contributed by atoms with Gasteiger partial charge in [-0.15, -0.1) is 0 Å². The number of anilines is 1. The van der Waals surface area contributed by atoms with E-state index in [-0.39, 0.29) is 11.4 Å². The second-order valence-electron chi connectivity index (χ2n) is 5.48. The molecule has 5 nitrogen and oxygen atoms in total. The largest absolute Gasteiger partial charge is 0.381 e. The van der Waals surface area contributed by atoms with E-state index in [2.05, 4.69) is 5.16 Å². The van der Waals surface area contributed by atoms with Gasteiger partial charge in [0.1, 0.15) is 23.3 Å². The van der Waals surface area contributed by atoms with Crippen LogP contribution in [0.2, 0.25) is 0 Å². The summed E-state index contributed by atoms with van der Waals surface area (Å²) in [6.07, 6.45) is -1.05. The van der Waals surface area contributed by atoms with Crippen LogP contribution in [0.1, 0.15) is 5.56 Å². The molecule has 0 aromatic heterocycles. The fourth-order valence-corrected chi connectivity index (χ4v) is 2.88. The third-order valence-electron chi connectivity index (χ3n) is 4.04. The third-order valence-corrected chi connectivity index (χ3v) is 4.04. The predicted molar refractivity (Wildman–Crippen MR) is 80.2 cm³/mol. The van der Waals surface area contributed by atoms with Gasteiger partial charge in [-0.3, -0.25) is 9.59 Å². The molecule has 24 heavy (non-hydrogen) atoms. The van der Waals surface area contributed by atoms with Gasteiger partial charge in [0, 0.05) is 5.56 Å². The number of hydrogen-bond donors (Lipinski definition) is 0. The number of imide groups is 1. The van der Waals surface area contributed by atoms with Crippen molar-refractivity contribution >= 4 is 23.2 Å². The number of amides is 2. The molecule has 0 spiro atoms. The Morgan fingerprint density at radius 2 is 1.46 bits per heavy atom. The van der Waals surface area contributed by atoms with Crippen LogP contribution in [-0.2, 0) is 14.4 Å². The summed E-state index contributed by atoms with van der Waals surface area (Å²) in [6, 6.07) is 10.5. The fourth-order valence-electron chi connectivity index (χ4n) is 2.88. The molecule has 0 bridgehead atoms. The van der Waals surface area contributed by atoms with Crippen molar-refractivity contribution in [1.29, 1.82) is 0 Å². The molecule has 2 aliphatic heterocycles. The van der Waals surface area contributed by atoms with Gasteiger partial charge in [-0.05, 0) is 36.4 Å². The molecule has 0 radical (unpaired) electrons. The molecule has 2 heterocycles. The van der Waals surface area contributed by atoms with Gasteiger partial charge >= 0.3 is 0 Å². The van der Waals surface area contributed by atoms with Crippen molar-refractivity contribution < 1.29 is 23.2 Å². The maximum absolute atomic E-state index is 13.1. The van der Waals surface area contributed by atoms with Gasteiger partial charge in [-0.1, -0.05) is 17.3 Å². The van der Waals surface area contributed by atoms with Crippen molar-refractivity contribution in [2.45, 2.75) is 6.10 Å². The molecule has 1 saturated heterocycles. The summed E-state index contributed by atoms with van der Waals surface area (Å²) in [4.78, 5) is 31.3. The second kappa shape index (κ2) is 5.23. The standard InChI is InChI=1S/C17H10F2N2O3/c18-10-3-1-9(2-4-10)14-13-15(24-20-14)17(23)21(16(13)22)12-7-5-11(19)6-8-12/h1-8,13,15H/t13-,15-/m0/s1. The van der Waals surface area contributed by atoms with Gasteiger partial charge in [-0.2, -0.15) is 0 Å². The fraction of sp³-hybridized carbons (Fsp3) is 0.118. The van der Waals surface area contributed by atoms with Crippen LogP contribution in [0.25, 0.3) is 0 Å². The van der Waals surface area contributed by atoms with Crippen LogP contribution in [0, 0.1) is 17.6 Å². The molecule has 2 aromatic rings. The lowest BCUT2D eigenvalue weighted by Gasteiger charge is -2.15. The van der Waals surface area contributed by atoms with Crippen LogP contribution in [0.15, 0.2) is 53.7 Å². The van der Waals surface area contributed by atoms with Gasteiger partial charge in [0.25, 0.3) is 5.91 Å². The van der Waals surface area contributed by atoms with Crippen molar-refractivity contribution in [3.05, 3.63) is 65.7 Å². The van der Waals surface area contributed by atoms with E-state index in [1.54, 1.807) is 0 Å². The van der Waals surface area contributed by atoms with Crippen LogP contribution >= 0.6 is 0 Å². The number of carbonyl (C=O) groups is 2. The molecule has 2 aromatic carbocycles. The minimum Gasteiger partial charge on any atom is -0.381 e. The van der Waals surface area contributed by atoms with Crippen molar-refractivity contribution in [2.75, 3.05) is 4.90 Å². The highest BCUT2D eigenvalue weighted by Crippen LogP contribution is 2.35. The van der Waals surface area contributed by atoms with Gasteiger partial charge in [0.05, 0.1) is 5.69 Å². The zero-order valence-electron chi connectivity index (χ0n) is 12.1. The van der Waals surface area contributed by atoms with E-state index in [4.69, 9.17) is 4.84 Å². The Bertz CT molecular complexity index is 862. The molecular weight excluding hydrogens is 318 g/mol. The Hall–Kier alpha value is -3.09. The molecule has 4 rings (SSSR count). The molecule has 2 atom stereocenters. The number of rotatable bonds is 2. The maximum Gasteiger partial charge on any atom is 0.278 e. The van der Waals surface area contributed by atoms with E-state index < -0.39 is 35.5 Å². The highest BCUT2D eigenvalue weighted by Gasteiger charge is 2.56. The summed E-state index contributed by atoms with van der Waals surface area (Å²) >= 11 is 0. The number of hydrogen-bond acceptors (Lipinski definition) is 4. The van der Waals surface area contributed by atoms with E-state index in [1.807, 2.05) is 0 Å². The minimum absolute atomic E-state index is 0.267. The molecular formula is C17H10F2N2O3. The third kappa shape index (κ3) is 2.09. The molecule has 1 fully saturated rings. The zero-order valence-corrected chi connectivity index (χ0v) is 12.1. The lowest BCUT2D eigenvalue weighted by molar-refractivity contribution is -0.126. The van der Waals surface area contributed by atoms with Gasteiger partial charge in [0.2, 0.25) is 12.0 Å². The quantitative estimate of drug-likeness (QED) is 0.795. The van der Waals surface area contributed by atoms with E-state index in [0.29, 0.717) is 5.56 Å². The summed E-state index contributed by atoms with van der Waals surface area (Å²) in [7, 11) is 0. The highest BCUT2D eigenvalue weighted by molar-refractivity contribution is 6.32. The first-order valence-electron chi connectivity index (χ1n) is 7.19. The molecule has 0 aliphatic carbocycles. The number of fused-ring (bicyclic) bond motifs is 1. The van der Waals surface area contributed by atoms with Crippen LogP contribution in [0.4, 0.5) is 14.5 Å². The molecule has 0 unspecified atom stereocenters. The summed E-state index contributed by atoms with van der Waals surface area (Å²) in [5.74, 6) is -2.85. The first kappa shape index (κ1) is 14.5. The van der Waals surface area contributed by atoms with Crippen molar-refractivity contribution in [3.8, 4) is 0 Å². The van der Waals surface area contributed by atoms with Gasteiger partial charge in [0.15, 0.2) is 0 Å². The monoisotopic (exact) mass is 328 g/mol. The summed E-state index contributed by atoms with van der Waals surface area (Å²) in [5.41, 5.74) is 1.05. The number of halogens is 2. The molecule has 0 N–H and O–H groups in total. The van der Waals surface area contributed by atoms with E-state index in [0.717, 1.165) is 4.90 Å². The number of nitrogens with zero attached hydrogens (tertiary/aromatic N) is 2. The number of benzene rings is 2. The number of oxime groups is 1. The van der Waals surface area contributed by atoms with Crippen molar-refractivity contribution in [3.63, 3.8) is 0 Å². The van der Waals surface area contributed by atoms with Gasteiger partial charge in [-0.25, -0.2) is 13.7 Å². The maximum atomic E-state index is 13.1. The topological polar surface area (TPSA) is 59.0 Å². The molecule has 120 valence electrons. The van der Waals surface area contributed by atoms with Crippen LogP contribution in [0.5, 0.6) is 0 Å². The second-order valence-corrected chi connectivity index (χ2v) is 5.48. The summed E-state index contributed by atoms with van der Waals surface area (Å²) in [5, 5.41) is 3.83. The predicted octanol–water partition coefficient (Wildman–Crippen LogP) is 2.26. The summed E-state index contributed by atoms with van der Waals surface area (Å²) in [6.45, 7) is 0. The average molecular weight is 328 g/mol. The first-order valence-corrected chi connectivity index (χ1v) is 7.19. The SMILES string of the molecule is O=C1[C@H]2C(c3ccc(F)cc3)=NO[C@@H]2C(=O)N1c1ccc(F)cc1. The van der Waals surface area contributed by atoms with Crippen LogP contribution in [-0.4, -0.2) is 23.6 Å².